The second-order valence-corrected chi connectivity index (χ2v) is 2.31. The Bertz CT molecular complexity index is 137. The van der Waals surface area contributed by atoms with Crippen LogP contribution < -0.4 is 0 Å². The van der Waals surface area contributed by atoms with Crippen LogP contribution in [-0.2, 0) is 14.3 Å². The molecule has 0 aromatic heterocycles. The van der Waals surface area contributed by atoms with Crippen molar-refractivity contribution < 1.29 is 19.4 Å². The molecule has 1 fully saturated rings. The molecule has 58 valence electrons. The van der Waals surface area contributed by atoms with Gasteiger partial charge in [0, 0.05) is 13.5 Å². The number of carboxylic acid groups (broad SMARTS) is 1. The second kappa shape index (κ2) is 2.56. The average molecular weight is 146 g/mol. The third-order valence-electron chi connectivity index (χ3n) is 1.77. The van der Waals surface area contributed by atoms with Gasteiger partial charge in [-0.3, -0.25) is 0 Å². The number of aliphatic carboxylic acids is 1. The van der Waals surface area contributed by atoms with Gasteiger partial charge in [0.05, 0.1) is 13.2 Å². The monoisotopic (exact) mass is 146 g/mol. The van der Waals surface area contributed by atoms with Crippen LogP contribution in [0.4, 0.5) is 0 Å². The smallest absolute Gasteiger partial charge is 0.338 e. The highest BCUT2D eigenvalue weighted by atomic mass is 16.6. The summed E-state index contributed by atoms with van der Waals surface area (Å²) in [7, 11) is 1.39. The standard InChI is InChI=1S/C6H10O4/c1-9-6(5(7)8)2-3-10-4-6/h2-4H2,1H3,(H,7,8). The third kappa shape index (κ3) is 0.998. The molecule has 1 aliphatic heterocycles. The van der Waals surface area contributed by atoms with Crippen LogP contribution in [0.3, 0.4) is 0 Å². The molecular weight excluding hydrogens is 136 g/mol. The Balaban J connectivity index is 2.67. The van der Waals surface area contributed by atoms with E-state index < -0.39 is 11.6 Å². The van der Waals surface area contributed by atoms with Gasteiger partial charge < -0.3 is 14.6 Å². The van der Waals surface area contributed by atoms with Crippen molar-refractivity contribution in [3.8, 4) is 0 Å². The first-order valence-electron chi connectivity index (χ1n) is 3.07. The molecule has 1 rings (SSSR count). The Hall–Kier alpha value is -0.610. The van der Waals surface area contributed by atoms with Crippen molar-refractivity contribution in [3.05, 3.63) is 0 Å². The Kier molecular flexibility index (Phi) is 1.92. The maximum Gasteiger partial charge on any atom is 0.338 e. The zero-order valence-electron chi connectivity index (χ0n) is 5.79. The fraction of sp³-hybridized carbons (Fsp3) is 0.833. The lowest BCUT2D eigenvalue weighted by molar-refractivity contribution is -0.161. The summed E-state index contributed by atoms with van der Waals surface area (Å²) in [5.41, 5.74) is -1.07. The maximum atomic E-state index is 10.5. The van der Waals surface area contributed by atoms with Crippen molar-refractivity contribution in [2.45, 2.75) is 12.0 Å². The molecule has 4 nitrogen and oxygen atoms in total. The van der Waals surface area contributed by atoms with E-state index in [1.54, 1.807) is 0 Å². The molecule has 0 bridgehead atoms. The molecule has 0 spiro atoms. The van der Waals surface area contributed by atoms with Gasteiger partial charge in [-0.2, -0.15) is 0 Å². The van der Waals surface area contributed by atoms with Gasteiger partial charge in [-0.15, -0.1) is 0 Å². The fourth-order valence-electron chi connectivity index (χ4n) is 0.963. The highest BCUT2D eigenvalue weighted by Gasteiger charge is 2.42. The first kappa shape index (κ1) is 7.50. The van der Waals surface area contributed by atoms with E-state index in [4.69, 9.17) is 14.6 Å². The fourth-order valence-corrected chi connectivity index (χ4v) is 0.963. The molecule has 1 aliphatic rings. The number of carboxylic acids is 1. The van der Waals surface area contributed by atoms with Gasteiger partial charge in [-0.05, 0) is 0 Å². The first-order valence-corrected chi connectivity index (χ1v) is 3.07. The SMILES string of the molecule is COC1(C(=O)O)CCOC1. The van der Waals surface area contributed by atoms with Gasteiger partial charge in [-0.1, -0.05) is 0 Å². The maximum absolute atomic E-state index is 10.5. The van der Waals surface area contributed by atoms with Crippen molar-refractivity contribution in [2.24, 2.45) is 0 Å². The Morgan fingerprint density at radius 1 is 1.80 bits per heavy atom. The predicted molar refractivity (Wildman–Crippen MR) is 32.8 cm³/mol. The molecule has 1 saturated heterocycles. The summed E-state index contributed by atoms with van der Waals surface area (Å²) in [6, 6.07) is 0. The summed E-state index contributed by atoms with van der Waals surface area (Å²) in [5, 5.41) is 8.66. The van der Waals surface area contributed by atoms with E-state index in [-0.39, 0.29) is 6.61 Å². The summed E-state index contributed by atoms with van der Waals surface area (Å²) in [6.45, 7) is 0.638. The van der Waals surface area contributed by atoms with Gasteiger partial charge in [0.15, 0.2) is 5.60 Å². The van der Waals surface area contributed by atoms with Gasteiger partial charge in [0.1, 0.15) is 0 Å². The van der Waals surface area contributed by atoms with Gasteiger partial charge in [-0.25, -0.2) is 4.79 Å². The minimum Gasteiger partial charge on any atom is -0.479 e. The van der Waals surface area contributed by atoms with Gasteiger partial charge >= 0.3 is 5.97 Å². The molecule has 0 aromatic rings. The van der Waals surface area contributed by atoms with E-state index in [1.807, 2.05) is 0 Å². The van der Waals surface area contributed by atoms with Crippen LogP contribution in [-0.4, -0.2) is 37.0 Å². The van der Waals surface area contributed by atoms with Crippen molar-refractivity contribution in [1.29, 1.82) is 0 Å². The summed E-state index contributed by atoms with van der Waals surface area (Å²) >= 11 is 0. The number of hydrogen-bond donors (Lipinski definition) is 1. The quantitative estimate of drug-likeness (QED) is 0.590. The van der Waals surface area contributed by atoms with Crippen LogP contribution in [0.15, 0.2) is 0 Å². The Labute approximate surface area is 58.7 Å². The first-order chi connectivity index (χ1) is 4.71. The molecule has 0 saturated carbocycles. The summed E-state index contributed by atoms with van der Waals surface area (Å²) in [6.07, 6.45) is 0.443. The van der Waals surface area contributed by atoms with Gasteiger partial charge in [0.2, 0.25) is 0 Å². The van der Waals surface area contributed by atoms with Crippen LogP contribution in [0, 0.1) is 0 Å². The van der Waals surface area contributed by atoms with Crippen LogP contribution in [0.1, 0.15) is 6.42 Å². The minimum atomic E-state index is -1.07. The highest BCUT2D eigenvalue weighted by molar-refractivity contribution is 5.78. The summed E-state index contributed by atoms with van der Waals surface area (Å²) in [5.74, 6) is -0.938. The molecule has 1 heterocycles. The van der Waals surface area contributed by atoms with E-state index in [0.29, 0.717) is 13.0 Å². The number of hydrogen-bond acceptors (Lipinski definition) is 3. The molecular formula is C6H10O4. The van der Waals surface area contributed by atoms with Crippen LogP contribution >= 0.6 is 0 Å². The largest absolute Gasteiger partial charge is 0.479 e. The summed E-state index contributed by atoms with van der Waals surface area (Å²) in [4.78, 5) is 10.5. The zero-order chi connectivity index (χ0) is 7.61. The van der Waals surface area contributed by atoms with Crippen LogP contribution in [0.5, 0.6) is 0 Å². The van der Waals surface area contributed by atoms with Crippen molar-refractivity contribution >= 4 is 5.97 Å². The van der Waals surface area contributed by atoms with Crippen LogP contribution in [0.2, 0.25) is 0 Å². The molecule has 0 radical (unpaired) electrons. The highest BCUT2D eigenvalue weighted by Crippen LogP contribution is 2.22. The van der Waals surface area contributed by atoms with E-state index >= 15 is 0 Å². The Morgan fingerprint density at radius 3 is 2.70 bits per heavy atom. The minimum absolute atomic E-state index is 0.166. The number of carbonyl (C=O) groups is 1. The molecule has 1 atom stereocenters. The molecule has 1 unspecified atom stereocenters. The molecule has 1 N–H and O–H groups in total. The van der Waals surface area contributed by atoms with E-state index in [9.17, 15) is 4.79 Å². The van der Waals surface area contributed by atoms with Gasteiger partial charge in [0.25, 0.3) is 0 Å². The van der Waals surface area contributed by atoms with E-state index in [1.165, 1.54) is 7.11 Å². The summed E-state index contributed by atoms with van der Waals surface area (Å²) < 4.78 is 9.74. The molecule has 4 heteroatoms. The Morgan fingerprint density at radius 2 is 2.50 bits per heavy atom. The van der Waals surface area contributed by atoms with Crippen molar-refractivity contribution in [3.63, 3.8) is 0 Å². The average Bonchev–Trinajstić information content (AvgIpc) is 2.35. The number of methoxy groups -OCH3 is 1. The number of ether oxygens (including phenoxy) is 2. The zero-order valence-corrected chi connectivity index (χ0v) is 5.79. The molecule has 0 amide bonds. The lowest BCUT2D eigenvalue weighted by atomic mass is 10.0. The lowest BCUT2D eigenvalue weighted by Crippen LogP contribution is -2.41. The van der Waals surface area contributed by atoms with E-state index in [2.05, 4.69) is 0 Å². The molecule has 10 heavy (non-hydrogen) atoms. The molecule has 0 aromatic carbocycles. The lowest BCUT2D eigenvalue weighted by Gasteiger charge is -2.19. The normalized spacial score (nSPS) is 32.5. The van der Waals surface area contributed by atoms with Crippen molar-refractivity contribution in [2.75, 3.05) is 20.3 Å². The van der Waals surface area contributed by atoms with E-state index in [0.717, 1.165) is 0 Å². The second-order valence-electron chi connectivity index (χ2n) is 2.31. The topological polar surface area (TPSA) is 55.8 Å². The van der Waals surface area contributed by atoms with Crippen molar-refractivity contribution in [1.82, 2.24) is 0 Å². The molecule has 0 aliphatic carbocycles. The van der Waals surface area contributed by atoms with Crippen LogP contribution in [0.25, 0.3) is 0 Å². The number of rotatable bonds is 2. The predicted octanol–water partition coefficient (Wildman–Crippen LogP) is -0.124. The third-order valence-corrected chi connectivity index (χ3v) is 1.77.